The fourth-order valence-electron chi connectivity index (χ4n) is 2.68. The highest BCUT2D eigenvalue weighted by atomic mass is 19.3. The van der Waals surface area contributed by atoms with E-state index in [2.05, 4.69) is 21.9 Å². The number of anilines is 1. The number of hydrogen-bond donors (Lipinski definition) is 1. The lowest BCUT2D eigenvalue weighted by atomic mass is 10.1. The smallest absolute Gasteiger partial charge is 0.387 e. The third-order valence-corrected chi connectivity index (χ3v) is 4.15. The van der Waals surface area contributed by atoms with Crippen molar-refractivity contribution < 1.29 is 18.3 Å². The Morgan fingerprint density at radius 3 is 2.33 bits per heavy atom. The molecule has 2 amide bonds. The van der Waals surface area contributed by atoms with E-state index in [9.17, 15) is 13.6 Å². The summed E-state index contributed by atoms with van der Waals surface area (Å²) in [5.41, 5.74) is 3.12. The molecule has 0 spiro atoms. The number of halogens is 2. The number of benzene rings is 3. The number of carbonyl (C=O) groups is 1. The van der Waals surface area contributed by atoms with Gasteiger partial charge in [-0.25, -0.2) is 4.79 Å². The highest BCUT2D eigenvalue weighted by molar-refractivity contribution is 5.89. The van der Waals surface area contributed by atoms with Crippen molar-refractivity contribution >= 4 is 11.7 Å². The van der Waals surface area contributed by atoms with E-state index in [1.807, 2.05) is 42.5 Å². The molecule has 0 aliphatic heterocycles. The van der Waals surface area contributed by atoms with Crippen molar-refractivity contribution in [2.24, 2.45) is 0 Å². The summed E-state index contributed by atoms with van der Waals surface area (Å²) in [6, 6.07) is 22.8. The SMILES string of the molecule is CN(Cc1ccc(OC(F)F)cc1)C(=O)Nc1cccc(C#Cc2ccccc2)c1. The van der Waals surface area contributed by atoms with Gasteiger partial charge < -0.3 is 15.0 Å². The average Bonchev–Trinajstić information content (AvgIpc) is 2.74. The van der Waals surface area contributed by atoms with Crippen LogP contribution < -0.4 is 10.1 Å². The molecule has 152 valence electrons. The predicted molar refractivity (Wildman–Crippen MR) is 112 cm³/mol. The van der Waals surface area contributed by atoms with E-state index in [-0.39, 0.29) is 11.8 Å². The summed E-state index contributed by atoms with van der Waals surface area (Å²) in [7, 11) is 1.65. The zero-order valence-electron chi connectivity index (χ0n) is 16.3. The van der Waals surface area contributed by atoms with E-state index in [1.165, 1.54) is 17.0 Å². The van der Waals surface area contributed by atoms with Crippen LogP contribution in [0.4, 0.5) is 19.3 Å². The Kier molecular flexibility index (Phi) is 7.01. The predicted octanol–water partition coefficient (Wildman–Crippen LogP) is 5.35. The third kappa shape index (κ3) is 6.35. The average molecular weight is 406 g/mol. The second kappa shape index (κ2) is 10.1. The highest BCUT2D eigenvalue weighted by Crippen LogP contribution is 2.16. The van der Waals surface area contributed by atoms with Gasteiger partial charge in [0.1, 0.15) is 5.75 Å². The number of nitrogens with zero attached hydrogens (tertiary/aromatic N) is 1. The third-order valence-electron chi connectivity index (χ3n) is 4.15. The van der Waals surface area contributed by atoms with Gasteiger partial charge in [0, 0.05) is 30.4 Å². The molecule has 0 atom stereocenters. The first-order chi connectivity index (χ1) is 14.5. The summed E-state index contributed by atoms with van der Waals surface area (Å²) in [4.78, 5) is 14.0. The minimum Gasteiger partial charge on any atom is -0.435 e. The maximum Gasteiger partial charge on any atom is 0.387 e. The lowest BCUT2D eigenvalue weighted by Gasteiger charge is -2.18. The monoisotopic (exact) mass is 406 g/mol. The second-order valence-electron chi connectivity index (χ2n) is 6.51. The summed E-state index contributed by atoms with van der Waals surface area (Å²) >= 11 is 0. The number of nitrogens with one attached hydrogen (secondary N) is 1. The fourth-order valence-corrected chi connectivity index (χ4v) is 2.68. The van der Waals surface area contributed by atoms with Crippen LogP contribution >= 0.6 is 0 Å². The zero-order valence-corrected chi connectivity index (χ0v) is 16.3. The van der Waals surface area contributed by atoms with Crippen LogP contribution in [0.5, 0.6) is 5.75 Å². The van der Waals surface area contributed by atoms with Crippen LogP contribution in [0.25, 0.3) is 0 Å². The summed E-state index contributed by atoms with van der Waals surface area (Å²) in [6.45, 7) is -2.55. The van der Waals surface area contributed by atoms with Gasteiger partial charge in [0.25, 0.3) is 0 Å². The van der Waals surface area contributed by atoms with E-state index in [4.69, 9.17) is 0 Å². The molecule has 0 heterocycles. The molecule has 0 aromatic heterocycles. The van der Waals surface area contributed by atoms with Gasteiger partial charge in [-0.1, -0.05) is 48.2 Å². The number of alkyl halides is 2. The summed E-state index contributed by atoms with van der Waals surface area (Å²) in [5, 5.41) is 2.83. The van der Waals surface area contributed by atoms with Gasteiger partial charge in [-0.3, -0.25) is 0 Å². The van der Waals surface area contributed by atoms with Crippen molar-refractivity contribution in [1.82, 2.24) is 4.90 Å². The minimum atomic E-state index is -2.86. The second-order valence-corrected chi connectivity index (χ2v) is 6.51. The summed E-state index contributed by atoms with van der Waals surface area (Å²) < 4.78 is 28.8. The van der Waals surface area contributed by atoms with Crippen molar-refractivity contribution in [2.75, 3.05) is 12.4 Å². The number of hydrogen-bond acceptors (Lipinski definition) is 2. The van der Waals surface area contributed by atoms with Crippen molar-refractivity contribution in [1.29, 1.82) is 0 Å². The van der Waals surface area contributed by atoms with E-state index >= 15 is 0 Å². The van der Waals surface area contributed by atoms with Gasteiger partial charge in [-0.15, -0.1) is 0 Å². The number of ether oxygens (including phenoxy) is 1. The molecule has 1 N–H and O–H groups in total. The van der Waals surface area contributed by atoms with Crippen molar-refractivity contribution in [3.8, 4) is 17.6 Å². The first kappa shape index (κ1) is 20.9. The van der Waals surface area contributed by atoms with Crippen LogP contribution in [0.3, 0.4) is 0 Å². The maximum absolute atomic E-state index is 12.5. The number of urea groups is 1. The lowest BCUT2D eigenvalue weighted by molar-refractivity contribution is -0.0498. The first-order valence-electron chi connectivity index (χ1n) is 9.22. The molecule has 0 saturated carbocycles. The lowest BCUT2D eigenvalue weighted by Crippen LogP contribution is -2.30. The Morgan fingerprint density at radius 2 is 1.63 bits per heavy atom. The molecule has 30 heavy (non-hydrogen) atoms. The Labute approximate surface area is 174 Å². The van der Waals surface area contributed by atoms with Gasteiger partial charge in [0.15, 0.2) is 0 Å². The topological polar surface area (TPSA) is 41.6 Å². The van der Waals surface area contributed by atoms with E-state index < -0.39 is 6.61 Å². The van der Waals surface area contributed by atoms with Gasteiger partial charge in [-0.05, 0) is 48.0 Å². The molecular formula is C24H20F2N2O2. The Balaban J connectivity index is 1.59. The largest absolute Gasteiger partial charge is 0.435 e. The summed E-state index contributed by atoms with van der Waals surface area (Å²) in [6.07, 6.45) is 0. The Morgan fingerprint density at radius 1 is 0.967 bits per heavy atom. The molecule has 3 rings (SSSR count). The number of carbonyl (C=O) groups excluding carboxylic acids is 1. The van der Waals surface area contributed by atoms with Crippen LogP contribution in [-0.4, -0.2) is 24.6 Å². The molecular weight excluding hydrogens is 386 g/mol. The van der Waals surface area contributed by atoms with Gasteiger partial charge >= 0.3 is 12.6 Å². The van der Waals surface area contributed by atoms with E-state index in [0.717, 1.165) is 16.7 Å². The highest BCUT2D eigenvalue weighted by Gasteiger charge is 2.10. The zero-order chi connectivity index (χ0) is 21.3. The Hall–Kier alpha value is -3.85. The molecule has 3 aromatic rings. The normalized spacial score (nSPS) is 10.1. The summed E-state index contributed by atoms with van der Waals surface area (Å²) in [5.74, 6) is 6.24. The van der Waals surface area contributed by atoms with Gasteiger partial charge in [-0.2, -0.15) is 8.78 Å². The van der Waals surface area contributed by atoms with Crippen LogP contribution in [-0.2, 0) is 6.54 Å². The molecule has 0 aliphatic carbocycles. The van der Waals surface area contributed by atoms with Crippen LogP contribution in [0.15, 0.2) is 78.9 Å². The Bertz CT molecular complexity index is 1040. The molecule has 4 nitrogen and oxygen atoms in total. The molecule has 0 aliphatic rings. The fraction of sp³-hybridized carbons (Fsp3) is 0.125. The standard InChI is InChI=1S/C24H20F2N2O2/c1-28(17-20-12-14-22(15-13-20)30-23(25)26)24(29)27-21-9-5-8-19(16-21)11-10-18-6-3-2-4-7-18/h2-9,12-16,23H,17H2,1H3,(H,27,29). The van der Waals surface area contributed by atoms with Crippen LogP contribution in [0, 0.1) is 11.8 Å². The van der Waals surface area contributed by atoms with E-state index in [1.54, 1.807) is 31.3 Å². The molecule has 0 bridgehead atoms. The van der Waals surface area contributed by atoms with Crippen molar-refractivity contribution in [2.45, 2.75) is 13.2 Å². The molecule has 0 saturated heterocycles. The maximum atomic E-state index is 12.5. The first-order valence-corrected chi connectivity index (χ1v) is 9.22. The molecule has 0 fully saturated rings. The molecule has 0 radical (unpaired) electrons. The van der Waals surface area contributed by atoms with Gasteiger partial charge in [0.05, 0.1) is 0 Å². The molecule has 3 aromatic carbocycles. The van der Waals surface area contributed by atoms with Crippen LogP contribution in [0.2, 0.25) is 0 Å². The van der Waals surface area contributed by atoms with E-state index in [0.29, 0.717) is 12.2 Å². The van der Waals surface area contributed by atoms with Crippen LogP contribution in [0.1, 0.15) is 16.7 Å². The number of amides is 2. The van der Waals surface area contributed by atoms with Crippen molar-refractivity contribution in [3.63, 3.8) is 0 Å². The quantitative estimate of drug-likeness (QED) is 0.580. The van der Waals surface area contributed by atoms with Crippen molar-refractivity contribution in [3.05, 3.63) is 95.6 Å². The minimum absolute atomic E-state index is 0.0780. The molecule has 6 heteroatoms. The van der Waals surface area contributed by atoms with Gasteiger partial charge in [0.2, 0.25) is 0 Å². The molecule has 0 unspecified atom stereocenters. The number of rotatable bonds is 5.